The summed E-state index contributed by atoms with van der Waals surface area (Å²) in [6.07, 6.45) is 3.35. The molecule has 144 valence electrons. The number of carbonyl (C=O) groups is 2. The van der Waals surface area contributed by atoms with E-state index in [4.69, 9.17) is 5.73 Å². The summed E-state index contributed by atoms with van der Waals surface area (Å²) in [6, 6.07) is 11.0. The van der Waals surface area contributed by atoms with Crippen LogP contribution in [0.3, 0.4) is 0 Å². The number of aromatic nitrogens is 1. The average Bonchev–Trinajstić information content (AvgIpc) is 3.12. The van der Waals surface area contributed by atoms with Crippen molar-refractivity contribution in [1.82, 2.24) is 4.98 Å². The fraction of sp³-hybridized carbons (Fsp3) is 0.238. The van der Waals surface area contributed by atoms with Crippen molar-refractivity contribution in [3.8, 4) is 0 Å². The highest BCUT2D eigenvalue weighted by molar-refractivity contribution is 6.08. The van der Waals surface area contributed by atoms with E-state index in [0.29, 0.717) is 27.8 Å². The first-order valence-electron chi connectivity index (χ1n) is 9.30. The SMILES string of the molecule is NC(=O)c1ccc(N2CCCCC2)c(NC(=O)c2cc3cc(F)ccc3[nH]2)c1. The molecule has 7 heteroatoms. The molecule has 1 aliphatic rings. The molecule has 0 atom stereocenters. The molecule has 3 aromatic rings. The Bertz CT molecular complexity index is 1050. The van der Waals surface area contributed by atoms with Crippen molar-refractivity contribution in [2.75, 3.05) is 23.3 Å². The van der Waals surface area contributed by atoms with Gasteiger partial charge in [-0.3, -0.25) is 9.59 Å². The van der Waals surface area contributed by atoms with Crippen molar-refractivity contribution in [3.05, 3.63) is 59.5 Å². The van der Waals surface area contributed by atoms with Crippen molar-refractivity contribution < 1.29 is 14.0 Å². The molecule has 0 aliphatic carbocycles. The monoisotopic (exact) mass is 380 g/mol. The maximum atomic E-state index is 13.4. The number of piperidine rings is 1. The molecule has 4 N–H and O–H groups in total. The third-order valence-corrected chi connectivity index (χ3v) is 5.05. The number of rotatable bonds is 4. The van der Waals surface area contributed by atoms with E-state index < -0.39 is 5.91 Å². The Hall–Kier alpha value is -3.35. The number of hydrogen-bond donors (Lipinski definition) is 3. The molecule has 28 heavy (non-hydrogen) atoms. The van der Waals surface area contributed by atoms with Gasteiger partial charge >= 0.3 is 0 Å². The highest BCUT2D eigenvalue weighted by Crippen LogP contribution is 2.30. The number of hydrogen-bond acceptors (Lipinski definition) is 3. The van der Waals surface area contributed by atoms with Gasteiger partial charge < -0.3 is 20.9 Å². The van der Waals surface area contributed by atoms with Crippen LogP contribution in [-0.2, 0) is 0 Å². The summed E-state index contributed by atoms with van der Waals surface area (Å²) in [5.74, 6) is -1.28. The first kappa shape index (κ1) is 18.0. The van der Waals surface area contributed by atoms with Crippen LogP contribution in [0.1, 0.15) is 40.1 Å². The number of amides is 2. The summed E-state index contributed by atoms with van der Waals surface area (Å²) in [7, 11) is 0. The zero-order valence-electron chi connectivity index (χ0n) is 15.3. The standard InChI is InChI=1S/C21H21FN4O2/c22-15-5-6-16-14(10-15)12-18(24-16)21(28)25-17-11-13(20(23)27)4-7-19(17)26-8-2-1-3-9-26/h4-7,10-12,24H,1-3,8-9H2,(H2,23,27)(H,25,28). The lowest BCUT2D eigenvalue weighted by Gasteiger charge is -2.30. The lowest BCUT2D eigenvalue weighted by Crippen LogP contribution is -2.30. The lowest BCUT2D eigenvalue weighted by molar-refractivity contribution is 0.0995. The number of halogens is 1. The fourth-order valence-electron chi connectivity index (χ4n) is 3.62. The second kappa shape index (κ2) is 7.34. The molecule has 1 aliphatic heterocycles. The number of carbonyl (C=O) groups excluding carboxylic acids is 2. The maximum absolute atomic E-state index is 13.4. The van der Waals surface area contributed by atoms with Gasteiger partial charge in [-0.2, -0.15) is 0 Å². The Morgan fingerprint density at radius 1 is 1.04 bits per heavy atom. The molecule has 0 radical (unpaired) electrons. The number of anilines is 2. The van der Waals surface area contributed by atoms with Gasteiger partial charge in [0.1, 0.15) is 11.5 Å². The van der Waals surface area contributed by atoms with Crippen LogP contribution in [0.5, 0.6) is 0 Å². The number of H-pyrrole nitrogens is 1. The molecular weight excluding hydrogens is 359 g/mol. The topological polar surface area (TPSA) is 91.2 Å². The molecule has 2 amide bonds. The van der Waals surface area contributed by atoms with Gasteiger partial charge in [0.2, 0.25) is 5.91 Å². The molecule has 0 unspecified atom stereocenters. The Morgan fingerprint density at radius 3 is 2.57 bits per heavy atom. The highest BCUT2D eigenvalue weighted by atomic mass is 19.1. The predicted molar refractivity (Wildman–Crippen MR) is 107 cm³/mol. The minimum atomic E-state index is -0.554. The number of aromatic amines is 1. The van der Waals surface area contributed by atoms with Crippen LogP contribution in [0.2, 0.25) is 0 Å². The molecule has 1 fully saturated rings. The molecule has 1 aromatic heterocycles. The Balaban J connectivity index is 1.66. The van der Waals surface area contributed by atoms with Gasteiger partial charge in [-0.15, -0.1) is 0 Å². The van der Waals surface area contributed by atoms with Gasteiger partial charge in [0.05, 0.1) is 11.4 Å². The van der Waals surface area contributed by atoms with E-state index in [0.717, 1.165) is 31.6 Å². The second-order valence-electron chi connectivity index (χ2n) is 7.01. The van der Waals surface area contributed by atoms with Crippen molar-refractivity contribution in [1.29, 1.82) is 0 Å². The number of fused-ring (bicyclic) bond motifs is 1. The molecule has 4 rings (SSSR count). The molecule has 0 saturated carbocycles. The number of benzene rings is 2. The summed E-state index contributed by atoms with van der Waals surface area (Å²) in [6.45, 7) is 1.79. The van der Waals surface area contributed by atoms with Crippen LogP contribution in [-0.4, -0.2) is 29.9 Å². The fourth-order valence-corrected chi connectivity index (χ4v) is 3.62. The Labute approximate surface area is 161 Å². The van der Waals surface area contributed by atoms with Gasteiger partial charge in [0.15, 0.2) is 0 Å². The minimum absolute atomic E-state index is 0.315. The highest BCUT2D eigenvalue weighted by Gasteiger charge is 2.19. The summed E-state index contributed by atoms with van der Waals surface area (Å²) in [5, 5.41) is 3.50. The molecular formula is C21H21FN4O2. The van der Waals surface area contributed by atoms with E-state index in [-0.39, 0.29) is 11.7 Å². The van der Waals surface area contributed by atoms with Crippen LogP contribution in [0.25, 0.3) is 10.9 Å². The molecule has 1 saturated heterocycles. The van der Waals surface area contributed by atoms with Crippen LogP contribution in [0.15, 0.2) is 42.5 Å². The van der Waals surface area contributed by atoms with E-state index in [2.05, 4.69) is 15.2 Å². The first-order chi connectivity index (χ1) is 13.5. The molecule has 2 heterocycles. The second-order valence-corrected chi connectivity index (χ2v) is 7.01. The largest absolute Gasteiger partial charge is 0.370 e. The third kappa shape index (κ3) is 3.55. The van der Waals surface area contributed by atoms with Gasteiger partial charge in [-0.05, 0) is 61.7 Å². The van der Waals surface area contributed by atoms with E-state index >= 15 is 0 Å². The third-order valence-electron chi connectivity index (χ3n) is 5.05. The Morgan fingerprint density at radius 2 is 1.82 bits per heavy atom. The van der Waals surface area contributed by atoms with Crippen molar-refractivity contribution in [2.24, 2.45) is 5.73 Å². The summed E-state index contributed by atoms with van der Waals surface area (Å²) in [5.41, 5.74) is 8.13. The van der Waals surface area contributed by atoms with Crippen LogP contribution in [0.4, 0.5) is 15.8 Å². The lowest BCUT2D eigenvalue weighted by atomic mass is 10.1. The van der Waals surface area contributed by atoms with Crippen LogP contribution >= 0.6 is 0 Å². The molecule has 0 spiro atoms. The van der Waals surface area contributed by atoms with E-state index in [1.165, 1.54) is 18.6 Å². The zero-order chi connectivity index (χ0) is 19.7. The van der Waals surface area contributed by atoms with Gasteiger partial charge in [-0.1, -0.05) is 0 Å². The summed E-state index contributed by atoms with van der Waals surface area (Å²) < 4.78 is 13.4. The number of primary amides is 1. The number of nitrogens with zero attached hydrogens (tertiary/aromatic N) is 1. The van der Waals surface area contributed by atoms with E-state index in [1.54, 1.807) is 24.3 Å². The quantitative estimate of drug-likeness (QED) is 0.645. The molecule has 0 bridgehead atoms. The van der Waals surface area contributed by atoms with Gasteiger partial charge in [0, 0.05) is 29.6 Å². The Kier molecular flexibility index (Phi) is 4.73. The average molecular weight is 380 g/mol. The molecule has 2 aromatic carbocycles. The van der Waals surface area contributed by atoms with E-state index in [9.17, 15) is 14.0 Å². The zero-order valence-corrected chi connectivity index (χ0v) is 15.3. The smallest absolute Gasteiger partial charge is 0.272 e. The minimum Gasteiger partial charge on any atom is -0.370 e. The normalized spacial score (nSPS) is 14.2. The summed E-state index contributed by atoms with van der Waals surface area (Å²) in [4.78, 5) is 29.6. The van der Waals surface area contributed by atoms with Gasteiger partial charge in [-0.25, -0.2) is 4.39 Å². The van der Waals surface area contributed by atoms with Gasteiger partial charge in [0.25, 0.3) is 5.91 Å². The van der Waals surface area contributed by atoms with E-state index in [1.807, 2.05) is 6.07 Å². The molecule has 6 nitrogen and oxygen atoms in total. The van der Waals surface area contributed by atoms with Crippen LogP contribution < -0.4 is 16.0 Å². The van der Waals surface area contributed by atoms with Crippen molar-refractivity contribution in [3.63, 3.8) is 0 Å². The predicted octanol–water partition coefficient (Wildman–Crippen LogP) is 3.65. The summed E-state index contributed by atoms with van der Waals surface area (Å²) >= 11 is 0. The maximum Gasteiger partial charge on any atom is 0.272 e. The number of nitrogens with one attached hydrogen (secondary N) is 2. The number of nitrogens with two attached hydrogens (primary N) is 1. The first-order valence-corrected chi connectivity index (χ1v) is 9.30. The van der Waals surface area contributed by atoms with Crippen LogP contribution in [0, 0.1) is 5.82 Å². The van der Waals surface area contributed by atoms with Crippen molar-refractivity contribution in [2.45, 2.75) is 19.3 Å². The van der Waals surface area contributed by atoms with Crippen molar-refractivity contribution >= 4 is 34.1 Å².